The molecule has 2 aromatic rings. The number of hydrogen-bond acceptors (Lipinski definition) is 2. The van der Waals surface area contributed by atoms with Gasteiger partial charge >= 0.3 is 0 Å². The van der Waals surface area contributed by atoms with Gasteiger partial charge < -0.3 is 15.7 Å². The average molecular weight is 341 g/mol. The molecule has 0 aromatic heterocycles. The summed E-state index contributed by atoms with van der Waals surface area (Å²) in [6, 6.07) is 15.0. The first-order valence-electron chi connectivity index (χ1n) is 8.60. The summed E-state index contributed by atoms with van der Waals surface area (Å²) in [4.78, 5) is 4.25. The minimum atomic E-state index is -0.611. The van der Waals surface area contributed by atoms with E-state index in [-0.39, 0.29) is 11.2 Å². The number of guanidine groups is 1. The van der Waals surface area contributed by atoms with E-state index in [1.165, 1.54) is 37.0 Å². The van der Waals surface area contributed by atoms with Crippen molar-refractivity contribution >= 4 is 5.96 Å². The minimum Gasteiger partial charge on any atom is -0.505 e. The topological polar surface area (TPSA) is 56.7 Å². The van der Waals surface area contributed by atoms with E-state index in [1.807, 2.05) is 6.07 Å². The van der Waals surface area contributed by atoms with Gasteiger partial charge in [0, 0.05) is 25.6 Å². The van der Waals surface area contributed by atoms with Gasteiger partial charge in [0.25, 0.3) is 0 Å². The molecule has 0 amide bonds. The van der Waals surface area contributed by atoms with Crippen molar-refractivity contribution in [2.75, 3.05) is 13.6 Å². The molecular formula is C20H24FN3O. The van der Waals surface area contributed by atoms with E-state index < -0.39 is 5.82 Å². The summed E-state index contributed by atoms with van der Waals surface area (Å²) in [6.45, 7) is 1.26. The predicted octanol–water partition coefficient (Wildman–Crippen LogP) is 3.32. The monoisotopic (exact) mass is 341 g/mol. The maximum Gasteiger partial charge on any atom is 0.191 e. The van der Waals surface area contributed by atoms with Gasteiger partial charge in [0.1, 0.15) is 0 Å². The summed E-state index contributed by atoms with van der Waals surface area (Å²) in [6.07, 6.45) is 3.59. The van der Waals surface area contributed by atoms with E-state index in [0.29, 0.717) is 12.5 Å². The number of halogens is 1. The summed E-state index contributed by atoms with van der Waals surface area (Å²) in [7, 11) is 1.72. The molecule has 0 heterocycles. The summed E-state index contributed by atoms with van der Waals surface area (Å²) in [5, 5.41) is 15.8. The quantitative estimate of drug-likeness (QED) is 0.578. The normalized spacial score (nSPS) is 16.2. The second kappa shape index (κ2) is 7.55. The Labute approximate surface area is 147 Å². The van der Waals surface area contributed by atoms with Crippen LogP contribution < -0.4 is 10.6 Å². The third kappa shape index (κ3) is 3.92. The Morgan fingerprint density at radius 3 is 2.52 bits per heavy atom. The molecule has 3 rings (SSSR count). The van der Waals surface area contributed by atoms with Crippen LogP contribution in [0.4, 0.5) is 4.39 Å². The Morgan fingerprint density at radius 2 is 1.92 bits per heavy atom. The van der Waals surface area contributed by atoms with Gasteiger partial charge in [-0.2, -0.15) is 0 Å². The lowest BCUT2D eigenvalue weighted by Crippen LogP contribution is -2.48. The Morgan fingerprint density at radius 1 is 1.16 bits per heavy atom. The van der Waals surface area contributed by atoms with Crippen LogP contribution in [0.2, 0.25) is 0 Å². The molecule has 25 heavy (non-hydrogen) atoms. The minimum absolute atomic E-state index is 0.170. The Balaban J connectivity index is 1.58. The smallest absolute Gasteiger partial charge is 0.191 e. The van der Waals surface area contributed by atoms with Crippen molar-refractivity contribution in [1.82, 2.24) is 10.6 Å². The van der Waals surface area contributed by atoms with E-state index in [9.17, 15) is 9.50 Å². The molecule has 132 valence electrons. The molecule has 0 radical (unpaired) electrons. The number of nitrogens with one attached hydrogen (secondary N) is 2. The maximum absolute atomic E-state index is 13.4. The zero-order chi connectivity index (χ0) is 17.7. The zero-order valence-electron chi connectivity index (χ0n) is 14.4. The van der Waals surface area contributed by atoms with Crippen LogP contribution in [-0.2, 0) is 12.0 Å². The first kappa shape index (κ1) is 17.3. The molecule has 1 aliphatic rings. The van der Waals surface area contributed by atoms with Crippen LogP contribution in [-0.4, -0.2) is 24.7 Å². The lowest BCUT2D eigenvalue weighted by molar-refractivity contribution is 0.244. The van der Waals surface area contributed by atoms with E-state index >= 15 is 0 Å². The van der Waals surface area contributed by atoms with Gasteiger partial charge in [-0.1, -0.05) is 42.8 Å². The van der Waals surface area contributed by atoms with E-state index in [1.54, 1.807) is 13.1 Å². The van der Waals surface area contributed by atoms with Crippen LogP contribution in [0.25, 0.3) is 0 Å². The van der Waals surface area contributed by atoms with Crippen molar-refractivity contribution in [2.45, 2.75) is 31.2 Å². The van der Waals surface area contributed by atoms with Crippen molar-refractivity contribution in [1.29, 1.82) is 0 Å². The third-order valence-corrected chi connectivity index (χ3v) is 4.99. The summed E-state index contributed by atoms with van der Waals surface area (Å²) in [5.74, 6) is -0.253. The van der Waals surface area contributed by atoms with Crippen LogP contribution in [0.3, 0.4) is 0 Å². The molecular weight excluding hydrogens is 317 g/mol. The Kier molecular flexibility index (Phi) is 5.22. The van der Waals surface area contributed by atoms with Crippen LogP contribution >= 0.6 is 0 Å². The van der Waals surface area contributed by atoms with E-state index in [4.69, 9.17) is 0 Å². The summed E-state index contributed by atoms with van der Waals surface area (Å²) in [5.41, 5.74) is 2.29. The number of phenols is 1. The van der Waals surface area contributed by atoms with Crippen molar-refractivity contribution in [2.24, 2.45) is 4.99 Å². The highest BCUT2D eigenvalue weighted by molar-refractivity contribution is 5.79. The first-order chi connectivity index (χ1) is 12.1. The number of phenolic OH excluding ortho intramolecular Hbond substituents is 1. The highest BCUT2D eigenvalue weighted by Crippen LogP contribution is 2.43. The SMILES string of the molecule is CN=C(NCc1ccc(O)c(F)c1)NCC1(c2ccccc2)CCC1. The molecule has 1 fully saturated rings. The molecule has 0 atom stereocenters. The number of aliphatic imine (C=N–C) groups is 1. The van der Waals surface area contributed by atoms with Crippen LogP contribution in [0, 0.1) is 5.82 Å². The van der Waals surface area contributed by atoms with Gasteiger partial charge in [-0.25, -0.2) is 4.39 Å². The van der Waals surface area contributed by atoms with Crippen molar-refractivity contribution in [3.05, 3.63) is 65.5 Å². The van der Waals surface area contributed by atoms with Gasteiger partial charge in [-0.15, -0.1) is 0 Å². The molecule has 0 aliphatic heterocycles. The number of benzene rings is 2. The van der Waals surface area contributed by atoms with Gasteiger partial charge in [0.05, 0.1) is 0 Å². The third-order valence-electron chi connectivity index (χ3n) is 4.99. The second-order valence-corrected chi connectivity index (χ2v) is 6.56. The fourth-order valence-corrected chi connectivity index (χ4v) is 3.28. The second-order valence-electron chi connectivity index (χ2n) is 6.56. The van der Waals surface area contributed by atoms with Crippen molar-refractivity contribution in [3.8, 4) is 5.75 Å². The maximum atomic E-state index is 13.4. The lowest BCUT2D eigenvalue weighted by atomic mass is 9.64. The molecule has 0 spiro atoms. The molecule has 0 unspecified atom stereocenters. The fraction of sp³-hybridized carbons (Fsp3) is 0.350. The highest BCUT2D eigenvalue weighted by atomic mass is 19.1. The molecule has 5 heteroatoms. The standard InChI is InChI=1S/C20H24FN3O/c1-22-19(23-13-15-8-9-18(25)17(21)12-15)24-14-20(10-5-11-20)16-6-3-2-4-7-16/h2-4,6-9,12,25H,5,10-11,13-14H2,1H3,(H2,22,23,24). The predicted molar refractivity (Wildman–Crippen MR) is 98.2 cm³/mol. The Hall–Kier alpha value is -2.56. The van der Waals surface area contributed by atoms with E-state index in [0.717, 1.165) is 12.1 Å². The fourth-order valence-electron chi connectivity index (χ4n) is 3.28. The van der Waals surface area contributed by atoms with Crippen LogP contribution in [0.5, 0.6) is 5.75 Å². The first-order valence-corrected chi connectivity index (χ1v) is 8.60. The van der Waals surface area contributed by atoms with Gasteiger partial charge in [-0.3, -0.25) is 4.99 Å². The van der Waals surface area contributed by atoms with Crippen molar-refractivity contribution < 1.29 is 9.50 Å². The zero-order valence-corrected chi connectivity index (χ0v) is 14.4. The molecule has 1 saturated carbocycles. The average Bonchev–Trinajstić information content (AvgIpc) is 2.60. The number of nitrogens with zero attached hydrogens (tertiary/aromatic N) is 1. The largest absolute Gasteiger partial charge is 0.505 e. The summed E-state index contributed by atoms with van der Waals surface area (Å²) < 4.78 is 13.4. The van der Waals surface area contributed by atoms with E-state index in [2.05, 4.69) is 39.9 Å². The molecule has 1 aliphatic carbocycles. The number of hydrogen-bond donors (Lipinski definition) is 3. The van der Waals surface area contributed by atoms with Gasteiger partial charge in [0.2, 0.25) is 0 Å². The van der Waals surface area contributed by atoms with Gasteiger partial charge in [0.15, 0.2) is 17.5 Å². The highest BCUT2D eigenvalue weighted by Gasteiger charge is 2.38. The van der Waals surface area contributed by atoms with Crippen LogP contribution in [0.15, 0.2) is 53.5 Å². The lowest BCUT2D eigenvalue weighted by Gasteiger charge is -2.43. The number of rotatable bonds is 5. The van der Waals surface area contributed by atoms with Gasteiger partial charge in [-0.05, 0) is 36.1 Å². The molecule has 2 aromatic carbocycles. The Bertz CT molecular complexity index is 742. The molecule has 0 saturated heterocycles. The molecule has 0 bridgehead atoms. The molecule has 4 nitrogen and oxygen atoms in total. The van der Waals surface area contributed by atoms with Crippen LogP contribution in [0.1, 0.15) is 30.4 Å². The van der Waals surface area contributed by atoms with Crippen molar-refractivity contribution in [3.63, 3.8) is 0 Å². The summed E-state index contributed by atoms with van der Waals surface area (Å²) >= 11 is 0. The molecule has 3 N–H and O–H groups in total. The number of aromatic hydroxyl groups is 1.